The highest BCUT2D eigenvalue weighted by atomic mass is 35.5. The SMILES string of the molecule is Cc1ccc(C(N)=O)cc1NC(=O)[C@H]1CCN[C@@H](C)C1.Cl. The van der Waals surface area contributed by atoms with Crippen LogP contribution >= 0.6 is 12.4 Å². The van der Waals surface area contributed by atoms with E-state index in [9.17, 15) is 9.59 Å². The summed E-state index contributed by atoms with van der Waals surface area (Å²) in [5.74, 6) is -0.457. The summed E-state index contributed by atoms with van der Waals surface area (Å²) < 4.78 is 0. The number of benzene rings is 1. The van der Waals surface area contributed by atoms with Gasteiger partial charge in [-0.3, -0.25) is 9.59 Å². The smallest absolute Gasteiger partial charge is 0.248 e. The van der Waals surface area contributed by atoms with Gasteiger partial charge in [0.1, 0.15) is 0 Å². The number of anilines is 1. The molecule has 0 radical (unpaired) electrons. The van der Waals surface area contributed by atoms with Crippen LogP contribution in [0.3, 0.4) is 0 Å². The Morgan fingerprint density at radius 2 is 2.10 bits per heavy atom. The van der Waals surface area contributed by atoms with E-state index in [-0.39, 0.29) is 24.2 Å². The van der Waals surface area contributed by atoms with Gasteiger partial charge in [-0.25, -0.2) is 0 Å². The first-order chi connectivity index (χ1) is 9.47. The van der Waals surface area contributed by atoms with Crippen molar-refractivity contribution in [2.45, 2.75) is 32.7 Å². The van der Waals surface area contributed by atoms with Gasteiger partial charge in [0.2, 0.25) is 11.8 Å². The van der Waals surface area contributed by atoms with Crippen molar-refractivity contribution in [3.8, 4) is 0 Å². The first kappa shape index (κ1) is 17.5. The highest BCUT2D eigenvalue weighted by Crippen LogP contribution is 2.21. The minimum absolute atomic E-state index is 0. The second-order valence-electron chi connectivity index (χ2n) is 5.46. The molecule has 1 aliphatic heterocycles. The summed E-state index contributed by atoms with van der Waals surface area (Å²) in [6.45, 7) is 4.84. The van der Waals surface area contributed by atoms with Crippen LogP contribution in [-0.2, 0) is 4.79 Å². The maximum atomic E-state index is 12.3. The largest absolute Gasteiger partial charge is 0.366 e. The normalized spacial score (nSPS) is 21.2. The molecule has 0 unspecified atom stereocenters. The Morgan fingerprint density at radius 1 is 1.38 bits per heavy atom. The molecule has 4 N–H and O–H groups in total. The number of amides is 2. The number of carbonyl (C=O) groups excluding carboxylic acids is 2. The molecule has 1 saturated heterocycles. The van der Waals surface area contributed by atoms with E-state index in [0.717, 1.165) is 24.9 Å². The molecular weight excluding hydrogens is 290 g/mol. The van der Waals surface area contributed by atoms with E-state index in [0.29, 0.717) is 17.3 Å². The van der Waals surface area contributed by atoms with Crippen LogP contribution in [0.4, 0.5) is 5.69 Å². The van der Waals surface area contributed by atoms with Crippen LogP contribution < -0.4 is 16.4 Å². The Morgan fingerprint density at radius 3 is 2.71 bits per heavy atom. The van der Waals surface area contributed by atoms with Gasteiger partial charge in [-0.05, 0) is 50.9 Å². The fraction of sp³-hybridized carbons (Fsp3) is 0.467. The van der Waals surface area contributed by atoms with Gasteiger partial charge in [-0.1, -0.05) is 6.07 Å². The number of rotatable bonds is 3. The first-order valence-corrected chi connectivity index (χ1v) is 6.92. The van der Waals surface area contributed by atoms with Crippen LogP contribution in [0.25, 0.3) is 0 Å². The molecule has 1 heterocycles. The lowest BCUT2D eigenvalue weighted by molar-refractivity contribution is -0.120. The highest BCUT2D eigenvalue weighted by Gasteiger charge is 2.25. The molecule has 0 saturated carbocycles. The molecule has 116 valence electrons. The zero-order chi connectivity index (χ0) is 14.7. The molecule has 0 bridgehead atoms. The maximum Gasteiger partial charge on any atom is 0.248 e. The quantitative estimate of drug-likeness (QED) is 0.796. The number of piperidine rings is 1. The first-order valence-electron chi connectivity index (χ1n) is 6.92. The van der Waals surface area contributed by atoms with Crippen molar-refractivity contribution >= 4 is 29.9 Å². The highest BCUT2D eigenvalue weighted by molar-refractivity contribution is 5.97. The van der Waals surface area contributed by atoms with E-state index < -0.39 is 5.91 Å². The number of carbonyl (C=O) groups is 2. The molecule has 1 aromatic carbocycles. The number of hydrogen-bond donors (Lipinski definition) is 3. The third kappa shape index (κ3) is 4.44. The van der Waals surface area contributed by atoms with Crippen LogP contribution in [-0.4, -0.2) is 24.4 Å². The Kier molecular flexibility index (Phi) is 6.18. The monoisotopic (exact) mass is 311 g/mol. The third-order valence-corrected chi connectivity index (χ3v) is 3.77. The maximum absolute atomic E-state index is 12.3. The average Bonchev–Trinajstić information content (AvgIpc) is 2.41. The molecule has 5 nitrogen and oxygen atoms in total. The summed E-state index contributed by atoms with van der Waals surface area (Å²) in [6, 6.07) is 5.46. The van der Waals surface area contributed by atoms with Crippen molar-refractivity contribution in [1.82, 2.24) is 5.32 Å². The van der Waals surface area contributed by atoms with Gasteiger partial charge < -0.3 is 16.4 Å². The van der Waals surface area contributed by atoms with Gasteiger partial charge in [0.15, 0.2) is 0 Å². The van der Waals surface area contributed by atoms with Gasteiger partial charge >= 0.3 is 0 Å². The van der Waals surface area contributed by atoms with Gasteiger partial charge in [-0.2, -0.15) is 0 Å². The van der Waals surface area contributed by atoms with E-state index in [4.69, 9.17) is 5.73 Å². The molecule has 2 atom stereocenters. The summed E-state index contributed by atoms with van der Waals surface area (Å²) >= 11 is 0. The lowest BCUT2D eigenvalue weighted by atomic mass is 9.92. The van der Waals surface area contributed by atoms with E-state index >= 15 is 0 Å². The van der Waals surface area contributed by atoms with E-state index in [1.807, 2.05) is 6.92 Å². The minimum atomic E-state index is -0.490. The Bertz CT molecular complexity index is 534. The van der Waals surface area contributed by atoms with E-state index in [1.54, 1.807) is 18.2 Å². The number of hydrogen-bond acceptors (Lipinski definition) is 3. The van der Waals surface area contributed by atoms with Crippen molar-refractivity contribution in [2.24, 2.45) is 11.7 Å². The minimum Gasteiger partial charge on any atom is -0.366 e. The number of nitrogens with two attached hydrogens (primary N) is 1. The third-order valence-electron chi connectivity index (χ3n) is 3.77. The fourth-order valence-electron chi connectivity index (χ4n) is 2.51. The van der Waals surface area contributed by atoms with Crippen LogP contribution in [0.2, 0.25) is 0 Å². The van der Waals surface area contributed by atoms with Gasteiger partial charge in [-0.15, -0.1) is 12.4 Å². The average molecular weight is 312 g/mol. The van der Waals surface area contributed by atoms with Crippen molar-refractivity contribution in [3.05, 3.63) is 29.3 Å². The second-order valence-corrected chi connectivity index (χ2v) is 5.46. The van der Waals surface area contributed by atoms with Crippen LogP contribution in [0.15, 0.2) is 18.2 Å². The summed E-state index contributed by atoms with van der Waals surface area (Å²) in [4.78, 5) is 23.5. The molecule has 6 heteroatoms. The second kappa shape index (κ2) is 7.43. The predicted octanol–water partition coefficient (Wildman–Crippen LogP) is 1.84. The Labute approximate surface area is 131 Å². The molecule has 1 fully saturated rings. The van der Waals surface area contributed by atoms with Crippen LogP contribution in [0.5, 0.6) is 0 Å². The summed E-state index contributed by atoms with van der Waals surface area (Å²) in [5, 5.41) is 6.25. The zero-order valence-electron chi connectivity index (χ0n) is 12.3. The Hall–Kier alpha value is -1.59. The molecule has 1 aromatic rings. The topological polar surface area (TPSA) is 84.2 Å². The number of primary amides is 1. The lowest BCUT2D eigenvalue weighted by Crippen LogP contribution is -2.40. The van der Waals surface area contributed by atoms with Crippen molar-refractivity contribution in [2.75, 3.05) is 11.9 Å². The molecule has 0 aliphatic carbocycles. The zero-order valence-corrected chi connectivity index (χ0v) is 13.1. The number of nitrogens with one attached hydrogen (secondary N) is 2. The van der Waals surface area contributed by atoms with E-state index in [2.05, 4.69) is 17.6 Å². The van der Waals surface area contributed by atoms with E-state index in [1.165, 1.54) is 0 Å². The standard InChI is InChI=1S/C15H21N3O2.ClH/c1-9-3-4-11(14(16)19)8-13(9)18-15(20)12-5-6-17-10(2)7-12;/h3-4,8,10,12,17H,5-7H2,1-2H3,(H2,16,19)(H,18,20);1H/t10-,12-;/m0./s1. The Balaban J connectivity index is 0.00000220. The van der Waals surface area contributed by atoms with Crippen LogP contribution in [0.1, 0.15) is 35.7 Å². The molecular formula is C15H22ClN3O2. The fourth-order valence-corrected chi connectivity index (χ4v) is 2.51. The molecule has 1 aliphatic rings. The molecule has 21 heavy (non-hydrogen) atoms. The summed E-state index contributed by atoms with van der Waals surface area (Å²) in [6.07, 6.45) is 1.67. The number of halogens is 1. The van der Waals surface area contributed by atoms with Crippen molar-refractivity contribution in [3.63, 3.8) is 0 Å². The molecule has 0 spiro atoms. The van der Waals surface area contributed by atoms with Crippen molar-refractivity contribution < 1.29 is 9.59 Å². The van der Waals surface area contributed by atoms with Gasteiger partial charge in [0.05, 0.1) is 0 Å². The molecule has 0 aromatic heterocycles. The summed E-state index contributed by atoms with van der Waals surface area (Å²) in [5.41, 5.74) is 7.26. The molecule has 2 amide bonds. The molecule has 2 rings (SSSR count). The van der Waals surface area contributed by atoms with Crippen LogP contribution in [0, 0.1) is 12.8 Å². The predicted molar refractivity (Wildman–Crippen MR) is 85.8 cm³/mol. The van der Waals surface area contributed by atoms with Gasteiger partial charge in [0.25, 0.3) is 0 Å². The summed E-state index contributed by atoms with van der Waals surface area (Å²) in [7, 11) is 0. The van der Waals surface area contributed by atoms with Gasteiger partial charge in [0, 0.05) is 23.2 Å². The van der Waals surface area contributed by atoms with Crippen molar-refractivity contribution in [1.29, 1.82) is 0 Å². The lowest BCUT2D eigenvalue weighted by Gasteiger charge is -2.27. The number of aryl methyl sites for hydroxylation is 1.